The third kappa shape index (κ3) is 2.48. The minimum atomic E-state index is -0.512. The Balaban J connectivity index is 1.74. The highest BCUT2D eigenvalue weighted by Gasteiger charge is 2.36. The summed E-state index contributed by atoms with van der Waals surface area (Å²) in [5.41, 5.74) is 0.622. The van der Waals surface area contributed by atoms with Crippen LogP contribution in [-0.2, 0) is 4.79 Å². The molecule has 106 valence electrons. The zero-order chi connectivity index (χ0) is 15.0. The average molecular weight is 320 g/mol. The lowest BCUT2D eigenvalue weighted by molar-refractivity contribution is -0.116. The fourth-order valence-corrected chi connectivity index (χ4v) is 2.77. The summed E-state index contributed by atoms with van der Waals surface area (Å²) < 4.78 is 0.422. The Morgan fingerprint density at radius 1 is 1.29 bits per heavy atom. The van der Waals surface area contributed by atoms with Crippen LogP contribution in [0.1, 0.15) is 20.7 Å². The summed E-state index contributed by atoms with van der Waals surface area (Å²) in [6, 6.07) is 6.47. The van der Waals surface area contributed by atoms with Crippen LogP contribution in [0.25, 0.3) is 0 Å². The maximum Gasteiger partial charge on any atom is 0.262 e. The van der Waals surface area contributed by atoms with Crippen molar-refractivity contribution in [1.29, 1.82) is 0 Å². The second-order valence-corrected chi connectivity index (χ2v) is 5.87. The lowest BCUT2D eigenvalue weighted by Crippen LogP contribution is -2.37. The molecule has 0 unspecified atom stereocenters. The van der Waals surface area contributed by atoms with Gasteiger partial charge in [0.1, 0.15) is 6.54 Å². The molecule has 2 aromatic rings. The summed E-state index contributed by atoms with van der Waals surface area (Å²) in [7, 11) is 0. The summed E-state index contributed by atoms with van der Waals surface area (Å²) in [5.74, 6) is -1.46. The zero-order valence-corrected chi connectivity index (χ0v) is 12.1. The number of aromatic nitrogens is 2. The largest absolute Gasteiger partial charge is 0.299 e. The predicted molar refractivity (Wildman–Crippen MR) is 77.7 cm³/mol. The number of carbonyl (C=O) groups excluding carboxylic acids is 3. The Morgan fingerprint density at radius 2 is 1.90 bits per heavy atom. The molecular weight excluding hydrogens is 312 g/mol. The van der Waals surface area contributed by atoms with Gasteiger partial charge in [-0.2, -0.15) is 0 Å². The second-order valence-electron chi connectivity index (χ2n) is 4.21. The van der Waals surface area contributed by atoms with Gasteiger partial charge < -0.3 is 0 Å². The highest BCUT2D eigenvalue weighted by Crippen LogP contribution is 2.22. The van der Waals surface area contributed by atoms with Crippen molar-refractivity contribution < 1.29 is 14.4 Å². The molecule has 0 bridgehead atoms. The lowest BCUT2D eigenvalue weighted by Gasteiger charge is -2.12. The van der Waals surface area contributed by atoms with Gasteiger partial charge in [-0.05, 0) is 24.4 Å². The number of H-pyrrole nitrogens is 1. The van der Waals surface area contributed by atoms with Gasteiger partial charge in [0.15, 0.2) is 3.95 Å². The van der Waals surface area contributed by atoms with Gasteiger partial charge in [0.2, 0.25) is 11.0 Å². The van der Waals surface area contributed by atoms with Crippen LogP contribution >= 0.6 is 23.6 Å². The number of hydrogen-bond acceptors (Lipinski definition) is 6. The molecule has 0 saturated carbocycles. The van der Waals surface area contributed by atoms with Crippen LogP contribution < -0.4 is 5.32 Å². The first-order valence-corrected chi connectivity index (χ1v) is 7.09. The number of imide groups is 1. The van der Waals surface area contributed by atoms with Crippen molar-refractivity contribution in [1.82, 2.24) is 15.1 Å². The molecule has 2 heterocycles. The number of nitrogens with one attached hydrogen (secondary N) is 2. The monoisotopic (exact) mass is 320 g/mol. The van der Waals surface area contributed by atoms with E-state index in [9.17, 15) is 14.4 Å². The first-order valence-electron chi connectivity index (χ1n) is 5.87. The quantitative estimate of drug-likeness (QED) is 0.659. The summed E-state index contributed by atoms with van der Waals surface area (Å²) in [6.45, 7) is -0.362. The average Bonchev–Trinajstić information content (AvgIpc) is 2.97. The number of amides is 3. The van der Waals surface area contributed by atoms with Gasteiger partial charge in [-0.15, -0.1) is 5.10 Å². The van der Waals surface area contributed by atoms with Crippen LogP contribution in [0, 0.1) is 3.95 Å². The van der Waals surface area contributed by atoms with Crippen molar-refractivity contribution in [2.24, 2.45) is 0 Å². The molecule has 1 aromatic carbocycles. The van der Waals surface area contributed by atoms with Gasteiger partial charge in [0, 0.05) is 0 Å². The number of rotatable bonds is 3. The van der Waals surface area contributed by atoms with Gasteiger partial charge >= 0.3 is 0 Å². The normalized spacial score (nSPS) is 13.4. The molecule has 9 heteroatoms. The highest BCUT2D eigenvalue weighted by molar-refractivity contribution is 7.73. The molecule has 0 radical (unpaired) electrons. The van der Waals surface area contributed by atoms with Gasteiger partial charge in [0.05, 0.1) is 11.1 Å². The predicted octanol–water partition coefficient (Wildman–Crippen LogP) is 1.44. The molecule has 2 N–H and O–H groups in total. The molecule has 21 heavy (non-hydrogen) atoms. The van der Waals surface area contributed by atoms with E-state index in [1.165, 1.54) is 0 Å². The molecule has 0 saturated heterocycles. The Morgan fingerprint density at radius 3 is 2.43 bits per heavy atom. The number of carbonyl (C=O) groups is 3. The van der Waals surface area contributed by atoms with Crippen LogP contribution in [0.3, 0.4) is 0 Å². The second kappa shape index (κ2) is 5.19. The molecule has 3 rings (SSSR count). The molecule has 3 amide bonds. The summed E-state index contributed by atoms with van der Waals surface area (Å²) in [6.07, 6.45) is 0. The third-order valence-corrected chi connectivity index (χ3v) is 3.87. The fraction of sp³-hybridized carbons (Fsp3) is 0.0833. The number of benzene rings is 1. The molecule has 0 fully saturated rings. The van der Waals surface area contributed by atoms with E-state index in [1.54, 1.807) is 24.3 Å². The van der Waals surface area contributed by atoms with E-state index >= 15 is 0 Å². The van der Waals surface area contributed by atoms with Crippen LogP contribution in [0.2, 0.25) is 0 Å². The van der Waals surface area contributed by atoms with Crippen LogP contribution in [0.4, 0.5) is 5.13 Å². The van der Waals surface area contributed by atoms with Gasteiger partial charge in [0.25, 0.3) is 11.8 Å². The van der Waals surface area contributed by atoms with Gasteiger partial charge in [-0.25, -0.2) is 0 Å². The fourth-order valence-electron chi connectivity index (χ4n) is 1.97. The molecule has 1 aromatic heterocycles. The van der Waals surface area contributed by atoms with Crippen molar-refractivity contribution in [3.8, 4) is 0 Å². The third-order valence-electron chi connectivity index (χ3n) is 2.86. The van der Waals surface area contributed by atoms with E-state index < -0.39 is 17.7 Å². The van der Waals surface area contributed by atoms with E-state index in [2.05, 4.69) is 15.5 Å². The van der Waals surface area contributed by atoms with Crippen molar-refractivity contribution in [2.75, 3.05) is 11.9 Å². The van der Waals surface area contributed by atoms with Gasteiger partial charge in [-0.3, -0.25) is 29.7 Å². The van der Waals surface area contributed by atoms with E-state index in [-0.39, 0.29) is 6.54 Å². The Labute approximate surface area is 127 Å². The minimum Gasteiger partial charge on any atom is -0.299 e. The molecular formula is C12H8N4O3S2. The molecule has 7 nitrogen and oxygen atoms in total. The maximum absolute atomic E-state index is 12.1. The Hall–Kier alpha value is -2.39. The first kappa shape index (κ1) is 13.6. The highest BCUT2D eigenvalue weighted by atomic mass is 32.1. The van der Waals surface area contributed by atoms with E-state index in [0.29, 0.717) is 20.2 Å². The lowest BCUT2D eigenvalue weighted by atomic mass is 10.1. The number of aromatic amines is 1. The van der Waals surface area contributed by atoms with Crippen molar-refractivity contribution in [3.05, 3.63) is 39.3 Å². The first-order chi connectivity index (χ1) is 10.1. The zero-order valence-electron chi connectivity index (χ0n) is 10.5. The summed E-state index contributed by atoms with van der Waals surface area (Å²) in [5, 5.41) is 9.07. The molecule has 0 aliphatic carbocycles. The molecule has 0 spiro atoms. The molecule has 0 atom stereocenters. The summed E-state index contributed by atoms with van der Waals surface area (Å²) in [4.78, 5) is 37.0. The Kier molecular flexibility index (Phi) is 3.35. The van der Waals surface area contributed by atoms with Crippen LogP contribution in [0.15, 0.2) is 24.3 Å². The minimum absolute atomic E-state index is 0.293. The number of fused-ring (bicyclic) bond motifs is 1. The standard InChI is InChI=1S/C12H8N4O3S2/c17-8(13-11-14-15-12(20)21-11)5-16-9(18)6-3-1-2-4-7(6)10(16)19/h1-4H,5H2,(H,15,20)(H,13,14,17). The Bertz CT molecular complexity index is 776. The van der Waals surface area contributed by atoms with E-state index in [0.717, 1.165) is 16.2 Å². The summed E-state index contributed by atoms with van der Waals surface area (Å²) >= 11 is 5.94. The molecule has 1 aliphatic heterocycles. The van der Waals surface area contributed by atoms with Gasteiger partial charge in [-0.1, -0.05) is 23.5 Å². The topological polar surface area (TPSA) is 95.2 Å². The smallest absolute Gasteiger partial charge is 0.262 e. The van der Waals surface area contributed by atoms with Crippen molar-refractivity contribution >= 4 is 46.4 Å². The van der Waals surface area contributed by atoms with Crippen molar-refractivity contribution in [2.45, 2.75) is 0 Å². The number of nitrogens with zero attached hydrogens (tertiary/aromatic N) is 2. The SMILES string of the molecule is O=C(CN1C(=O)c2ccccc2C1=O)Nc1n[nH]c(=S)s1. The van der Waals surface area contributed by atoms with Crippen LogP contribution in [0.5, 0.6) is 0 Å². The van der Waals surface area contributed by atoms with Crippen LogP contribution in [-0.4, -0.2) is 39.4 Å². The number of anilines is 1. The van der Waals surface area contributed by atoms with Crippen molar-refractivity contribution in [3.63, 3.8) is 0 Å². The van der Waals surface area contributed by atoms with E-state index in [4.69, 9.17) is 12.2 Å². The van der Waals surface area contributed by atoms with E-state index in [1.807, 2.05) is 0 Å². The maximum atomic E-state index is 12.1. The number of hydrogen-bond donors (Lipinski definition) is 2. The molecule has 1 aliphatic rings.